The number of nitrogens with one attached hydrogen (secondary N) is 1. The number of carbonyl (C=O) groups excluding carboxylic acids is 1. The molecule has 0 unspecified atom stereocenters. The lowest BCUT2D eigenvalue weighted by atomic mass is 10.2. The molecule has 0 saturated carbocycles. The highest BCUT2D eigenvalue weighted by Crippen LogP contribution is 2.26. The van der Waals surface area contributed by atoms with Crippen LogP contribution in [0.4, 0.5) is 11.5 Å². The predicted octanol–water partition coefficient (Wildman–Crippen LogP) is 4.11. The molecule has 0 atom stereocenters. The van der Waals surface area contributed by atoms with E-state index in [4.69, 9.17) is 14.3 Å². The van der Waals surface area contributed by atoms with Crippen molar-refractivity contribution in [2.45, 2.75) is 6.61 Å². The molecule has 9 heteroatoms. The summed E-state index contributed by atoms with van der Waals surface area (Å²) in [7, 11) is 1.25. The SMILES string of the molecule is COC(=O)c1cc(Oc2ccc([N+](=O)[O-])cc2)cnc1NOCc1ccccc1. The fourth-order valence-corrected chi connectivity index (χ4v) is 2.38. The van der Waals surface area contributed by atoms with E-state index in [0.29, 0.717) is 5.75 Å². The van der Waals surface area contributed by atoms with Gasteiger partial charge in [-0.1, -0.05) is 30.3 Å². The maximum Gasteiger partial charge on any atom is 0.341 e. The van der Waals surface area contributed by atoms with Crippen LogP contribution in [-0.2, 0) is 16.2 Å². The van der Waals surface area contributed by atoms with Gasteiger partial charge in [-0.05, 0) is 17.7 Å². The first-order chi connectivity index (χ1) is 14.1. The number of pyridine rings is 1. The Morgan fingerprint density at radius 3 is 2.48 bits per heavy atom. The van der Waals surface area contributed by atoms with E-state index >= 15 is 0 Å². The van der Waals surface area contributed by atoms with Crippen LogP contribution in [0.2, 0.25) is 0 Å². The van der Waals surface area contributed by atoms with Gasteiger partial charge < -0.3 is 9.47 Å². The van der Waals surface area contributed by atoms with Crippen molar-refractivity contribution in [1.82, 2.24) is 4.98 Å². The number of rotatable bonds is 8. The van der Waals surface area contributed by atoms with Crippen LogP contribution in [0.1, 0.15) is 15.9 Å². The average molecular weight is 395 g/mol. The molecule has 29 heavy (non-hydrogen) atoms. The van der Waals surface area contributed by atoms with Gasteiger partial charge in [-0.15, -0.1) is 0 Å². The zero-order valence-corrected chi connectivity index (χ0v) is 15.4. The molecule has 1 heterocycles. The van der Waals surface area contributed by atoms with Crippen molar-refractivity contribution >= 4 is 17.5 Å². The molecule has 2 aromatic carbocycles. The summed E-state index contributed by atoms with van der Waals surface area (Å²) in [5.41, 5.74) is 3.64. The highest BCUT2D eigenvalue weighted by atomic mass is 16.6. The molecule has 0 fully saturated rings. The van der Waals surface area contributed by atoms with E-state index in [2.05, 4.69) is 10.5 Å². The molecule has 0 saturated heterocycles. The van der Waals surface area contributed by atoms with E-state index in [9.17, 15) is 14.9 Å². The van der Waals surface area contributed by atoms with Crippen LogP contribution in [0.15, 0.2) is 66.9 Å². The number of hydrogen-bond acceptors (Lipinski definition) is 8. The van der Waals surface area contributed by atoms with Crippen LogP contribution in [0, 0.1) is 10.1 Å². The largest absolute Gasteiger partial charge is 0.465 e. The van der Waals surface area contributed by atoms with E-state index < -0.39 is 10.9 Å². The fraction of sp³-hybridized carbons (Fsp3) is 0.100. The third-order valence-corrected chi connectivity index (χ3v) is 3.80. The second-order valence-corrected chi connectivity index (χ2v) is 5.79. The Hall–Kier alpha value is -3.98. The maximum atomic E-state index is 12.1. The standard InChI is InChI=1S/C20H17N3O6/c1-27-20(24)18-11-17(29-16-9-7-15(8-10-16)23(25)26)12-21-19(18)22-28-13-14-5-3-2-4-6-14/h2-12H,13H2,1H3,(H,21,22). The molecule has 1 aromatic heterocycles. The summed E-state index contributed by atoms with van der Waals surface area (Å²) >= 11 is 0. The smallest absolute Gasteiger partial charge is 0.341 e. The molecule has 0 spiro atoms. The molecule has 3 aromatic rings. The normalized spacial score (nSPS) is 10.2. The average Bonchev–Trinajstić information content (AvgIpc) is 2.75. The van der Waals surface area contributed by atoms with Gasteiger partial charge in [-0.25, -0.2) is 15.3 Å². The van der Waals surface area contributed by atoms with E-state index in [1.54, 1.807) is 0 Å². The van der Waals surface area contributed by atoms with Crippen LogP contribution in [0.25, 0.3) is 0 Å². The van der Waals surface area contributed by atoms with Gasteiger partial charge in [0.2, 0.25) is 0 Å². The van der Waals surface area contributed by atoms with Crippen LogP contribution in [0.3, 0.4) is 0 Å². The fourth-order valence-electron chi connectivity index (χ4n) is 2.38. The van der Waals surface area contributed by atoms with Gasteiger partial charge in [0, 0.05) is 18.2 Å². The summed E-state index contributed by atoms with van der Waals surface area (Å²) in [6.45, 7) is 0.268. The monoisotopic (exact) mass is 395 g/mol. The Labute approximate surface area is 166 Å². The molecule has 3 rings (SSSR count). The molecular formula is C20H17N3O6. The molecule has 0 aliphatic rings. The Kier molecular flexibility index (Phi) is 6.33. The molecule has 0 amide bonds. The van der Waals surface area contributed by atoms with E-state index in [1.807, 2.05) is 30.3 Å². The number of anilines is 1. The number of aromatic nitrogens is 1. The molecule has 0 bridgehead atoms. The second kappa shape index (κ2) is 9.29. The zero-order valence-electron chi connectivity index (χ0n) is 15.4. The van der Waals surface area contributed by atoms with Crippen molar-refractivity contribution in [2.24, 2.45) is 0 Å². The molecule has 9 nitrogen and oxygen atoms in total. The Morgan fingerprint density at radius 1 is 1.10 bits per heavy atom. The first kappa shape index (κ1) is 19.8. The predicted molar refractivity (Wildman–Crippen MR) is 104 cm³/mol. The van der Waals surface area contributed by atoms with Gasteiger partial charge in [0.05, 0.1) is 24.8 Å². The summed E-state index contributed by atoms with van der Waals surface area (Å²) in [6.07, 6.45) is 1.39. The van der Waals surface area contributed by atoms with Crippen molar-refractivity contribution in [2.75, 3.05) is 12.6 Å². The molecule has 0 aliphatic heterocycles. The first-order valence-electron chi connectivity index (χ1n) is 8.49. The summed E-state index contributed by atoms with van der Waals surface area (Å²) < 4.78 is 10.4. The topological polar surface area (TPSA) is 113 Å². The van der Waals surface area contributed by atoms with Gasteiger partial charge in [0.15, 0.2) is 5.82 Å². The van der Waals surface area contributed by atoms with Crippen molar-refractivity contribution in [3.63, 3.8) is 0 Å². The van der Waals surface area contributed by atoms with Gasteiger partial charge in [-0.2, -0.15) is 0 Å². The number of esters is 1. The maximum absolute atomic E-state index is 12.1. The van der Waals surface area contributed by atoms with E-state index in [1.165, 1.54) is 43.6 Å². The lowest BCUT2D eigenvalue weighted by Crippen LogP contribution is -2.11. The van der Waals surface area contributed by atoms with Gasteiger partial charge in [-0.3, -0.25) is 15.0 Å². The summed E-state index contributed by atoms with van der Waals surface area (Å²) in [6, 6.07) is 16.5. The third-order valence-electron chi connectivity index (χ3n) is 3.80. The highest BCUT2D eigenvalue weighted by molar-refractivity contribution is 5.94. The number of nitro benzene ring substituents is 1. The van der Waals surface area contributed by atoms with Crippen LogP contribution in [0.5, 0.6) is 11.5 Å². The Bertz CT molecular complexity index is 993. The second-order valence-electron chi connectivity index (χ2n) is 5.79. The number of ether oxygens (including phenoxy) is 2. The number of hydrogen-bond donors (Lipinski definition) is 1. The molecule has 0 radical (unpaired) electrons. The lowest BCUT2D eigenvalue weighted by Gasteiger charge is -2.12. The van der Waals surface area contributed by atoms with Gasteiger partial charge >= 0.3 is 5.97 Å². The number of benzene rings is 2. The van der Waals surface area contributed by atoms with Gasteiger partial charge in [0.25, 0.3) is 5.69 Å². The number of non-ortho nitro benzene ring substituents is 1. The molecule has 148 valence electrons. The summed E-state index contributed by atoms with van der Waals surface area (Å²) in [4.78, 5) is 31.9. The van der Waals surface area contributed by atoms with E-state index in [0.717, 1.165) is 5.56 Å². The summed E-state index contributed by atoms with van der Waals surface area (Å²) in [5.74, 6) is 0.156. The van der Waals surface area contributed by atoms with Crippen molar-refractivity contribution in [3.05, 3.63) is 88.1 Å². The van der Waals surface area contributed by atoms with Crippen molar-refractivity contribution in [3.8, 4) is 11.5 Å². The molecular weight excluding hydrogens is 378 g/mol. The van der Waals surface area contributed by atoms with Crippen LogP contribution < -0.4 is 10.2 Å². The minimum atomic E-state index is -0.627. The van der Waals surface area contributed by atoms with Crippen LogP contribution in [-0.4, -0.2) is 23.0 Å². The van der Waals surface area contributed by atoms with Crippen molar-refractivity contribution in [1.29, 1.82) is 0 Å². The first-order valence-corrected chi connectivity index (χ1v) is 8.49. The van der Waals surface area contributed by atoms with Crippen molar-refractivity contribution < 1.29 is 24.0 Å². The third kappa shape index (κ3) is 5.27. The number of methoxy groups -OCH3 is 1. The number of carbonyl (C=O) groups is 1. The molecule has 0 aliphatic carbocycles. The van der Waals surface area contributed by atoms with E-state index in [-0.39, 0.29) is 29.4 Å². The Balaban J connectivity index is 1.73. The van der Waals surface area contributed by atoms with Crippen LogP contribution >= 0.6 is 0 Å². The minimum absolute atomic E-state index is 0.0548. The summed E-state index contributed by atoms with van der Waals surface area (Å²) in [5, 5.41) is 10.7. The minimum Gasteiger partial charge on any atom is -0.465 e. The quantitative estimate of drug-likeness (QED) is 0.344. The number of nitrogens with zero attached hydrogens (tertiary/aromatic N) is 2. The Morgan fingerprint density at radius 2 is 1.83 bits per heavy atom. The zero-order chi connectivity index (χ0) is 20.6. The number of nitro groups is 1. The van der Waals surface area contributed by atoms with Gasteiger partial charge in [0.1, 0.15) is 17.1 Å². The molecule has 1 N–H and O–H groups in total. The highest BCUT2D eigenvalue weighted by Gasteiger charge is 2.16. The lowest BCUT2D eigenvalue weighted by molar-refractivity contribution is -0.384.